The Bertz CT molecular complexity index is 453. The minimum absolute atomic E-state index is 0.373. The third-order valence-electron chi connectivity index (χ3n) is 4.11. The van der Waals surface area contributed by atoms with Crippen LogP contribution in [0.3, 0.4) is 0 Å². The van der Waals surface area contributed by atoms with Gasteiger partial charge in [0.1, 0.15) is 11.9 Å². The third kappa shape index (κ3) is 2.69. The summed E-state index contributed by atoms with van der Waals surface area (Å²) >= 11 is 0. The van der Waals surface area contributed by atoms with Crippen LogP contribution in [-0.2, 0) is 4.74 Å². The third-order valence-corrected chi connectivity index (χ3v) is 4.11. The van der Waals surface area contributed by atoms with Crippen LogP contribution in [0.2, 0.25) is 0 Å². The average molecular weight is 258 g/mol. The highest BCUT2D eigenvalue weighted by Crippen LogP contribution is 2.30. The van der Waals surface area contributed by atoms with E-state index in [1.807, 2.05) is 6.07 Å². The van der Waals surface area contributed by atoms with E-state index in [1.54, 1.807) is 12.4 Å². The van der Waals surface area contributed by atoms with Gasteiger partial charge in [0.05, 0.1) is 18.5 Å². The zero-order valence-corrected chi connectivity index (χ0v) is 11.0. The zero-order valence-electron chi connectivity index (χ0n) is 11.0. The molecule has 2 aliphatic rings. The Morgan fingerprint density at radius 1 is 1.21 bits per heavy atom. The Kier molecular flexibility index (Phi) is 3.60. The summed E-state index contributed by atoms with van der Waals surface area (Å²) in [6.07, 6.45) is 8.48. The van der Waals surface area contributed by atoms with Crippen molar-refractivity contribution in [2.45, 2.75) is 31.8 Å². The molecule has 1 aromatic rings. The maximum atomic E-state index is 8.71. The topological polar surface area (TPSA) is 62.0 Å². The molecule has 2 saturated heterocycles. The lowest BCUT2D eigenvalue weighted by atomic mass is 9.90. The molecule has 3 rings (SSSR count). The summed E-state index contributed by atoms with van der Waals surface area (Å²) in [5.74, 6) is 1.58. The van der Waals surface area contributed by atoms with Crippen molar-refractivity contribution in [1.29, 1.82) is 5.26 Å². The number of aromatic nitrogens is 2. The van der Waals surface area contributed by atoms with Crippen molar-refractivity contribution in [3.8, 4) is 6.07 Å². The second-order valence-electron chi connectivity index (χ2n) is 5.25. The lowest BCUT2D eigenvalue weighted by Gasteiger charge is -2.34. The highest BCUT2D eigenvalue weighted by atomic mass is 16.5. The van der Waals surface area contributed by atoms with E-state index in [1.165, 1.54) is 12.8 Å². The largest absolute Gasteiger partial charge is 0.378 e. The number of rotatable bonds is 2. The number of hydrogen-bond acceptors (Lipinski definition) is 5. The molecule has 1 unspecified atom stereocenters. The van der Waals surface area contributed by atoms with Crippen molar-refractivity contribution in [3.05, 3.63) is 18.1 Å². The van der Waals surface area contributed by atoms with Crippen LogP contribution in [0.25, 0.3) is 0 Å². The molecule has 19 heavy (non-hydrogen) atoms. The summed E-state index contributed by atoms with van der Waals surface area (Å²) in [4.78, 5) is 10.6. The molecule has 3 heterocycles. The monoisotopic (exact) mass is 258 g/mol. The van der Waals surface area contributed by atoms with Crippen molar-refractivity contribution in [3.63, 3.8) is 0 Å². The van der Waals surface area contributed by atoms with Crippen LogP contribution < -0.4 is 4.90 Å². The number of nitrogens with zero attached hydrogens (tertiary/aromatic N) is 4. The first-order chi connectivity index (χ1) is 9.36. The first-order valence-electron chi connectivity index (χ1n) is 6.95. The second kappa shape index (κ2) is 5.54. The minimum Gasteiger partial charge on any atom is -0.378 e. The Morgan fingerprint density at radius 3 is 2.63 bits per heavy atom. The van der Waals surface area contributed by atoms with Gasteiger partial charge in [-0.05, 0) is 31.6 Å². The number of anilines is 1. The normalized spacial score (nSPS) is 24.4. The van der Waals surface area contributed by atoms with Crippen molar-refractivity contribution < 1.29 is 4.74 Å². The van der Waals surface area contributed by atoms with E-state index in [-0.39, 0.29) is 0 Å². The van der Waals surface area contributed by atoms with Gasteiger partial charge in [-0.2, -0.15) is 5.26 Å². The molecule has 5 nitrogen and oxygen atoms in total. The molecule has 0 N–H and O–H groups in total. The molecule has 2 fully saturated rings. The molecule has 2 aliphatic heterocycles. The van der Waals surface area contributed by atoms with Gasteiger partial charge in [0.25, 0.3) is 0 Å². The smallest absolute Gasteiger partial charge is 0.158 e. The summed E-state index contributed by atoms with van der Waals surface area (Å²) in [7, 11) is 0. The SMILES string of the molecule is N#Cc1cnc(N2CCC(C3CCCO3)CC2)cn1. The van der Waals surface area contributed by atoms with Crippen molar-refractivity contribution in [1.82, 2.24) is 9.97 Å². The lowest BCUT2D eigenvalue weighted by Crippen LogP contribution is -2.38. The standard InChI is InChI=1S/C14H18N4O/c15-8-12-9-17-14(10-16-12)18-5-3-11(4-6-18)13-2-1-7-19-13/h9-11,13H,1-7H2. The van der Waals surface area contributed by atoms with E-state index in [2.05, 4.69) is 14.9 Å². The maximum absolute atomic E-state index is 8.71. The molecular weight excluding hydrogens is 240 g/mol. The van der Waals surface area contributed by atoms with Crippen molar-refractivity contribution in [2.75, 3.05) is 24.6 Å². The number of piperidine rings is 1. The van der Waals surface area contributed by atoms with Gasteiger partial charge in [0, 0.05) is 19.7 Å². The molecular formula is C14H18N4O. The summed E-state index contributed by atoms with van der Waals surface area (Å²) in [6.45, 7) is 2.95. The zero-order chi connectivity index (χ0) is 13.1. The molecule has 5 heteroatoms. The van der Waals surface area contributed by atoms with Gasteiger partial charge in [-0.3, -0.25) is 0 Å². The van der Waals surface area contributed by atoms with Crippen LogP contribution in [-0.4, -0.2) is 35.8 Å². The van der Waals surface area contributed by atoms with Crippen molar-refractivity contribution in [2.24, 2.45) is 5.92 Å². The average Bonchev–Trinajstić information content (AvgIpc) is 3.02. The first-order valence-corrected chi connectivity index (χ1v) is 6.95. The quantitative estimate of drug-likeness (QED) is 0.808. The Hall–Kier alpha value is -1.67. The molecule has 100 valence electrons. The summed E-state index contributed by atoms with van der Waals surface area (Å²) in [5, 5.41) is 8.71. The van der Waals surface area contributed by atoms with E-state index in [4.69, 9.17) is 10.00 Å². The first kappa shape index (κ1) is 12.4. The van der Waals surface area contributed by atoms with Crippen LogP contribution in [0.4, 0.5) is 5.82 Å². The number of ether oxygens (including phenoxy) is 1. The van der Waals surface area contributed by atoms with E-state index < -0.39 is 0 Å². The fourth-order valence-electron chi connectivity index (χ4n) is 3.02. The van der Waals surface area contributed by atoms with E-state index in [0.717, 1.165) is 38.4 Å². The molecule has 0 aliphatic carbocycles. The summed E-state index contributed by atoms with van der Waals surface area (Å²) in [5.41, 5.74) is 0.373. The Balaban J connectivity index is 1.58. The number of nitriles is 1. The highest BCUT2D eigenvalue weighted by Gasteiger charge is 2.29. The van der Waals surface area contributed by atoms with Crippen LogP contribution >= 0.6 is 0 Å². The molecule has 0 amide bonds. The van der Waals surface area contributed by atoms with Crippen LogP contribution in [0.15, 0.2) is 12.4 Å². The second-order valence-corrected chi connectivity index (χ2v) is 5.25. The van der Waals surface area contributed by atoms with Gasteiger partial charge in [-0.25, -0.2) is 9.97 Å². The molecule has 0 radical (unpaired) electrons. The van der Waals surface area contributed by atoms with Gasteiger partial charge in [-0.1, -0.05) is 0 Å². The van der Waals surface area contributed by atoms with E-state index >= 15 is 0 Å². The van der Waals surface area contributed by atoms with Crippen LogP contribution in [0, 0.1) is 17.2 Å². The molecule has 0 bridgehead atoms. The van der Waals surface area contributed by atoms with Gasteiger partial charge in [0.15, 0.2) is 5.69 Å². The van der Waals surface area contributed by atoms with E-state index in [9.17, 15) is 0 Å². The van der Waals surface area contributed by atoms with Gasteiger partial charge < -0.3 is 9.64 Å². The van der Waals surface area contributed by atoms with Gasteiger partial charge in [-0.15, -0.1) is 0 Å². The molecule has 1 atom stereocenters. The highest BCUT2D eigenvalue weighted by molar-refractivity contribution is 5.37. The van der Waals surface area contributed by atoms with Crippen LogP contribution in [0.5, 0.6) is 0 Å². The summed E-state index contributed by atoms with van der Waals surface area (Å²) in [6, 6.07) is 1.99. The lowest BCUT2D eigenvalue weighted by molar-refractivity contribution is 0.0531. The fourth-order valence-corrected chi connectivity index (χ4v) is 3.02. The predicted molar refractivity (Wildman–Crippen MR) is 70.7 cm³/mol. The molecule has 0 saturated carbocycles. The van der Waals surface area contributed by atoms with Crippen molar-refractivity contribution >= 4 is 5.82 Å². The Morgan fingerprint density at radius 2 is 2.05 bits per heavy atom. The predicted octanol–water partition coefficient (Wildman–Crippen LogP) is 1.74. The molecule has 0 aromatic carbocycles. The van der Waals surface area contributed by atoms with E-state index in [0.29, 0.717) is 17.7 Å². The van der Waals surface area contributed by atoms with Gasteiger partial charge in [0.2, 0.25) is 0 Å². The fraction of sp³-hybridized carbons (Fsp3) is 0.643. The molecule has 1 aromatic heterocycles. The summed E-state index contributed by atoms with van der Waals surface area (Å²) < 4.78 is 5.78. The minimum atomic E-state index is 0.373. The number of hydrogen-bond donors (Lipinski definition) is 0. The maximum Gasteiger partial charge on any atom is 0.158 e. The molecule has 0 spiro atoms. The van der Waals surface area contributed by atoms with Crippen LogP contribution in [0.1, 0.15) is 31.4 Å². The Labute approximate surface area is 113 Å². The van der Waals surface area contributed by atoms with Gasteiger partial charge >= 0.3 is 0 Å².